The van der Waals surface area contributed by atoms with E-state index < -0.39 is 0 Å². The molecule has 7 heteroatoms. The first-order valence-corrected chi connectivity index (χ1v) is 7.86. The van der Waals surface area contributed by atoms with E-state index in [2.05, 4.69) is 22.7 Å². The van der Waals surface area contributed by atoms with Gasteiger partial charge >= 0.3 is 0 Å². The van der Waals surface area contributed by atoms with Gasteiger partial charge in [0.15, 0.2) is 5.82 Å². The number of para-hydroxylation sites is 1. The summed E-state index contributed by atoms with van der Waals surface area (Å²) in [6, 6.07) is 9.63. The molecule has 3 rings (SSSR count). The van der Waals surface area contributed by atoms with Gasteiger partial charge in [0, 0.05) is 24.2 Å². The Morgan fingerprint density at radius 1 is 1.39 bits per heavy atom. The Hall–Kier alpha value is -1.56. The van der Waals surface area contributed by atoms with Gasteiger partial charge < -0.3 is 10.6 Å². The molecular formula is C16H20Cl2N4O. The highest BCUT2D eigenvalue weighted by Gasteiger charge is 2.25. The largest absolute Gasteiger partial charge is 0.314 e. The lowest BCUT2D eigenvalue weighted by Gasteiger charge is -2.26. The smallest absolute Gasteiger partial charge is 0.228 e. The van der Waals surface area contributed by atoms with Crippen LogP contribution in [0, 0.1) is 5.92 Å². The fraction of sp³-hybridized carbons (Fsp3) is 0.375. The zero-order valence-electron chi connectivity index (χ0n) is 12.8. The number of amides is 1. The van der Waals surface area contributed by atoms with Gasteiger partial charge in [-0.2, -0.15) is 5.10 Å². The van der Waals surface area contributed by atoms with E-state index in [4.69, 9.17) is 11.6 Å². The quantitative estimate of drug-likeness (QED) is 0.889. The highest BCUT2D eigenvalue weighted by Crippen LogP contribution is 2.21. The molecule has 1 amide bonds. The molecule has 124 valence electrons. The third-order valence-corrected chi connectivity index (χ3v) is 4.25. The molecule has 5 nitrogen and oxygen atoms in total. The molecule has 0 spiro atoms. The van der Waals surface area contributed by atoms with Crippen LogP contribution in [0.2, 0.25) is 5.02 Å². The van der Waals surface area contributed by atoms with E-state index >= 15 is 0 Å². The van der Waals surface area contributed by atoms with Crippen molar-refractivity contribution >= 4 is 35.7 Å². The lowest BCUT2D eigenvalue weighted by Crippen LogP contribution is -2.40. The predicted molar refractivity (Wildman–Crippen MR) is 94.6 cm³/mol. The Labute approximate surface area is 146 Å². The maximum Gasteiger partial charge on any atom is 0.228 e. The van der Waals surface area contributed by atoms with Crippen LogP contribution in [-0.4, -0.2) is 28.3 Å². The van der Waals surface area contributed by atoms with E-state index in [0.717, 1.165) is 25.1 Å². The van der Waals surface area contributed by atoms with Crippen molar-refractivity contribution < 1.29 is 4.79 Å². The summed E-state index contributed by atoms with van der Waals surface area (Å²) < 4.78 is 1.67. The van der Waals surface area contributed by atoms with E-state index in [-0.39, 0.29) is 24.2 Å². The van der Waals surface area contributed by atoms with Crippen LogP contribution in [0.3, 0.4) is 0 Å². The first kappa shape index (κ1) is 17.8. The monoisotopic (exact) mass is 354 g/mol. The van der Waals surface area contributed by atoms with Crippen molar-refractivity contribution in [2.75, 3.05) is 11.9 Å². The van der Waals surface area contributed by atoms with Crippen molar-refractivity contribution in [1.82, 2.24) is 15.1 Å². The normalized spacial score (nSPS) is 20.6. The van der Waals surface area contributed by atoms with Gasteiger partial charge in [-0.1, -0.05) is 23.7 Å². The van der Waals surface area contributed by atoms with E-state index in [0.29, 0.717) is 16.9 Å². The lowest BCUT2D eigenvalue weighted by molar-refractivity contribution is -0.120. The Morgan fingerprint density at radius 2 is 2.17 bits per heavy atom. The molecule has 2 aromatic rings. The SMILES string of the molecule is C[C@H]1C[C@@H](C(=O)Nc2ccn(-c3ccccc3Cl)n2)CCN1.Cl. The second-order valence-electron chi connectivity index (χ2n) is 5.66. The summed E-state index contributed by atoms with van der Waals surface area (Å²) in [5.74, 6) is 0.635. The molecular weight excluding hydrogens is 335 g/mol. The average molecular weight is 355 g/mol. The standard InChI is InChI=1S/C16H19ClN4O.ClH/c1-11-10-12(6-8-18-11)16(22)19-15-7-9-21(20-15)14-5-3-2-4-13(14)17;/h2-5,7,9,11-12,18H,6,8,10H2,1H3,(H,19,20,22);1H/t11-,12-;/m0./s1. The summed E-state index contributed by atoms with van der Waals surface area (Å²) in [5.41, 5.74) is 0.792. The van der Waals surface area contributed by atoms with Crippen LogP contribution in [0.25, 0.3) is 5.69 Å². The van der Waals surface area contributed by atoms with Crippen molar-refractivity contribution in [3.05, 3.63) is 41.6 Å². The van der Waals surface area contributed by atoms with Gasteiger partial charge in [0.2, 0.25) is 5.91 Å². The first-order valence-electron chi connectivity index (χ1n) is 7.48. The summed E-state index contributed by atoms with van der Waals surface area (Å²) in [4.78, 5) is 12.3. The number of hydrogen-bond donors (Lipinski definition) is 2. The molecule has 1 aromatic heterocycles. The fourth-order valence-electron chi connectivity index (χ4n) is 2.76. The third-order valence-electron chi connectivity index (χ3n) is 3.93. The topological polar surface area (TPSA) is 59.0 Å². The van der Waals surface area contributed by atoms with Gasteiger partial charge in [0.25, 0.3) is 0 Å². The van der Waals surface area contributed by atoms with Crippen molar-refractivity contribution in [2.45, 2.75) is 25.8 Å². The molecule has 2 heterocycles. The number of anilines is 1. The highest BCUT2D eigenvalue weighted by molar-refractivity contribution is 6.32. The second kappa shape index (κ2) is 7.81. The van der Waals surface area contributed by atoms with Crippen molar-refractivity contribution in [3.8, 4) is 5.69 Å². The van der Waals surface area contributed by atoms with Crippen LogP contribution >= 0.6 is 24.0 Å². The van der Waals surface area contributed by atoms with Crippen LogP contribution in [0.5, 0.6) is 0 Å². The van der Waals surface area contributed by atoms with Gasteiger partial charge in [0.1, 0.15) is 0 Å². The van der Waals surface area contributed by atoms with Gasteiger partial charge in [-0.15, -0.1) is 12.4 Å². The third kappa shape index (κ3) is 4.25. The van der Waals surface area contributed by atoms with Gasteiger partial charge in [-0.25, -0.2) is 4.68 Å². The molecule has 1 aliphatic rings. The molecule has 1 saturated heterocycles. The number of aromatic nitrogens is 2. The van der Waals surface area contributed by atoms with Gasteiger partial charge in [-0.3, -0.25) is 4.79 Å². The first-order chi connectivity index (χ1) is 10.6. The lowest BCUT2D eigenvalue weighted by atomic mass is 9.92. The predicted octanol–water partition coefficient (Wildman–Crippen LogP) is 3.27. The number of benzene rings is 1. The zero-order chi connectivity index (χ0) is 15.5. The Balaban J connectivity index is 0.00000192. The van der Waals surface area contributed by atoms with Crippen LogP contribution < -0.4 is 10.6 Å². The average Bonchev–Trinajstić information content (AvgIpc) is 2.96. The summed E-state index contributed by atoms with van der Waals surface area (Å²) in [5, 5.41) is 11.2. The Morgan fingerprint density at radius 3 is 2.91 bits per heavy atom. The van der Waals surface area contributed by atoms with Crippen LogP contribution in [0.4, 0.5) is 5.82 Å². The Kier molecular flexibility index (Phi) is 6.04. The minimum atomic E-state index is 0. The van der Waals surface area contributed by atoms with E-state index in [1.807, 2.05) is 24.3 Å². The molecule has 1 aromatic carbocycles. The Bertz CT molecular complexity index is 674. The van der Waals surface area contributed by atoms with Crippen LogP contribution in [0.1, 0.15) is 19.8 Å². The number of nitrogens with one attached hydrogen (secondary N) is 2. The van der Waals surface area contributed by atoms with Crippen molar-refractivity contribution in [2.24, 2.45) is 5.92 Å². The molecule has 0 radical (unpaired) electrons. The highest BCUT2D eigenvalue weighted by atomic mass is 35.5. The summed E-state index contributed by atoms with van der Waals surface area (Å²) >= 11 is 6.16. The molecule has 2 atom stereocenters. The molecule has 0 bridgehead atoms. The minimum absolute atomic E-state index is 0. The minimum Gasteiger partial charge on any atom is -0.314 e. The molecule has 0 aliphatic carbocycles. The summed E-state index contributed by atoms with van der Waals surface area (Å²) in [7, 11) is 0. The van der Waals surface area contributed by atoms with Crippen LogP contribution in [-0.2, 0) is 4.79 Å². The molecule has 1 fully saturated rings. The number of nitrogens with zero attached hydrogens (tertiary/aromatic N) is 2. The van der Waals surface area contributed by atoms with Gasteiger partial charge in [-0.05, 0) is 38.4 Å². The van der Waals surface area contributed by atoms with Crippen molar-refractivity contribution in [1.29, 1.82) is 0 Å². The number of hydrogen-bond acceptors (Lipinski definition) is 3. The molecule has 2 N–H and O–H groups in total. The van der Waals surface area contributed by atoms with E-state index in [1.165, 1.54) is 0 Å². The van der Waals surface area contributed by atoms with E-state index in [9.17, 15) is 4.79 Å². The number of halogens is 2. The van der Waals surface area contributed by atoms with Crippen molar-refractivity contribution in [3.63, 3.8) is 0 Å². The zero-order valence-corrected chi connectivity index (χ0v) is 14.4. The maximum atomic E-state index is 12.3. The number of rotatable bonds is 3. The molecule has 0 unspecified atom stereocenters. The maximum absolute atomic E-state index is 12.3. The number of carbonyl (C=O) groups is 1. The fourth-order valence-corrected chi connectivity index (χ4v) is 2.98. The summed E-state index contributed by atoms with van der Waals surface area (Å²) in [6.07, 6.45) is 3.51. The number of piperidine rings is 1. The van der Waals surface area contributed by atoms with Gasteiger partial charge in [0.05, 0.1) is 10.7 Å². The molecule has 23 heavy (non-hydrogen) atoms. The number of carbonyl (C=O) groups excluding carboxylic acids is 1. The summed E-state index contributed by atoms with van der Waals surface area (Å²) in [6.45, 7) is 2.99. The molecule has 0 saturated carbocycles. The molecule has 1 aliphatic heterocycles. The van der Waals surface area contributed by atoms with Crippen LogP contribution in [0.15, 0.2) is 36.5 Å². The second-order valence-corrected chi connectivity index (χ2v) is 6.07. The van der Waals surface area contributed by atoms with E-state index in [1.54, 1.807) is 16.9 Å².